The van der Waals surface area contributed by atoms with Crippen LogP contribution in [-0.4, -0.2) is 42.5 Å². The van der Waals surface area contributed by atoms with E-state index < -0.39 is 0 Å². The normalized spacial score (nSPS) is 46.2. The van der Waals surface area contributed by atoms with Crippen LogP contribution in [0.4, 0.5) is 0 Å². The van der Waals surface area contributed by atoms with Crippen molar-refractivity contribution in [1.82, 2.24) is 4.90 Å². The fraction of sp³-hybridized carbons (Fsp3) is 0.947. The summed E-state index contributed by atoms with van der Waals surface area (Å²) in [4.78, 5) is 18.1. The van der Waals surface area contributed by atoms with Crippen molar-refractivity contribution in [3.8, 4) is 0 Å². The number of nitrogens with zero attached hydrogens (tertiary/aromatic N) is 1. The Hall–Kier alpha value is -0.410. The molecule has 1 aliphatic carbocycles. The summed E-state index contributed by atoms with van der Waals surface area (Å²) >= 11 is 0. The van der Waals surface area contributed by atoms with Gasteiger partial charge in [-0.05, 0) is 24.7 Å². The fourth-order valence-electron chi connectivity index (χ4n) is 6.43. The molecular weight excluding hydrogens is 272 g/mol. The molecule has 4 saturated heterocycles. The molecule has 3 nitrogen and oxygen atoms in total. The molecule has 0 radical (unpaired) electrons. The van der Waals surface area contributed by atoms with Crippen molar-refractivity contribution in [2.45, 2.75) is 65.5 Å². The molecule has 1 saturated carbocycles. The summed E-state index contributed by atoms with van der Waals surface area (Å²) in [5, 5.41) is 0. The van der Waals surface area contributed by atoms with E-state index in [0.29, 0.717) is 23.3 Å². The van der Waals surface area contributed by atoms with Crippen LogP contribution in [0.1, 0.15) is 59.8 Å². The molecule has 22 heavy (non-hydrogen) atoms. The van der Waals surface area contributed by atoms with E-state index in [1.54, 1.807) is 4.90 Å². The van der Waals surface area contributed by atoms with Gasteiger partial charge in [0, 0.05) is 25.9 Å². The molecule has 5 fully saturated rings. The Morgan fingerprint density at radius 2 is 1.41 bits per heavy atom. The highest BCUT2D eigenvalue weighted by Gasteiger charge is 2.73. The Balaban J connectivity index is 1.80. The predicted molar refractivity (Wildman–Crippen MR) is 87.6 cm³/mol. The van der Waals surface area contributed by atoms with Gasteiger partial charge in [0.05, 0.1) is 23.9 Å². The van der Waals surface area contributed by atoms with Gasteiger partial charge in [-0.2, -0.15) is 0 Å². The van der Waals surface area contributed by atoms with Crippen LogP contribution in [0.25, 0.3) is 0 Å². The van der Waals surface area contributed by atoms with Gasteiger partial charge in [0.2, 0.25) is 0 Å². The summed E-state index contributed by atoms with van der Waals surface area (Å²) in [6, 6.07) is 0. The second-order valence-electron chi connectivity index (χ2n) is 9.36. The first-order valence-corrected chi connectivity index (χ1v) is 9.53. The van der Waals surface area contributed by atoms with Gasteiger partial charge in [0.25, 0.3) is 0 Å². The summed E-state index contributed by atoms with van der Waals surface area (Å²) < 4.78 is 0. The lowest BCUT2D eigenvalue weighted by Gasteiger charge is -2.70. The predicted octanol–water partition coefficient (Wildman–Crippen LogP) is 1.73. The zero-order valence-corrected chi connectivity index (χ0v) is 14.9. The molecule has 1 N–H and O–H groups in total. The van der Waals surface area contributed by atoms with E-state index in [1.165, 1.54) is 32.1 Å². The van der Waals surface area contributed by atoms with Gasteiger partial charge >= 0.3 is 0 Å². The van der Waals surface area contributed by atoms with Crippen molar-refractivity contribution >= 4 is 5.78 Å². The number of piperidine rings is 2. The molecule has 5 rings (SSSR count). The Bertz CT molecular complexity index is 442. The first-order valence-electron chi connectivity index (χ1n) is 9.53. The van der Waals surface area contributed by atoms with Crippen LogP contribution >= 0.6 is 0 Å². The van der Waals surface area contributed by atoms with Crippen molar-refractivity contribution < 1.29 is 9.69 Å². The molecule has 4 heterocycles. The maximum atomic E-state index is 13.5. The molecule has 124 valence electrons. The van der Waals surface area contributed by atoms with E-state index in [-0.39, 0.29) is 10.8 Å². The molecule has 2 atom stereocenters. The van der Waals surface area contributed by atoms with Gasteiger partial charge in [0.1, 0.15) is 0 Å². The van der Waals surface area contributed by atoms with Crippen molar-refractivity contribution in [3.63, 3.8) is 0 Å². The second-order valence-corrected chi connectivity index (χ2v) is 9.36. The molecular formula is C19H33N2O+. The summed E-state index contributed by atoms with van der Waals surface area (Å²) in [7, 11) is 0. The van der Waals surface area contributed by atoms with Gasteiger partial charge in [-0.15, -0.1) is 0 Å². The molecule has 5 aliphatic rings. The zero-order valence-electron chi connectivity index (χ0n) is 14.9. The van der Waals surface area contributed by atoms with Crippen LogP contribution in [0.2, 0.25) is 0 Å². The van der Waals surface area contributed by atoms with Crippen LogP contribution < -0.4 is 4.90 Å². The maximum Gasteiger partial charge on any atom is 0.159 e. The van der Waals surface area contributed by atoms with Crippen LogP contribution in [0.3, 0.4) is 0 Å². The highest BCUT2D eigenvalue weighted by molar-refractivity contribution is 5.93. The zero-order chi connectivity index (χ0) is 15.8. The van der Waals surface area contributed by atoms with Gasteiger partial charge < -0.3 is 4.90 Å². The topological polar surface area (TPSA) is 24.8 Å². The smallest absolute Gasteiger partial charge is 0.159 e. The largest absolute Gasteiger partial charge is 0.316 e. The van der Waals surface area contributed by atoms with Crippen molar-refractivity contribution in [3.05, 3.63) is 0 Å². The van der Waals surface area contributed by atoms with Crippen molar-refractivity contribution in [2.24, 2.45) is 22.7 Å². The highest BCUT2D eigenvalue weighted by Crippen LogP contribution is 2.52. The SMILES string of the molecule is CC(C)C12CN3CC(C(C)C)(C[NH+](C1)C31CCCCC1)C2=O. The van der Waals surface area contributed by atoms with Crippen molar-refractivity contribution in [2.75, 3.05) is 26.2 Å². The number of hydrogen-bond donors (Lipinski definition) is 1. The van der Waals surface area contributed by atoms with Gasteiger partial charge in [-0.1, -0.05) is 34.1 Å². The molecule has 3 heteroatoms. The van der Waals surface area contributed by atoms with Crippen LogP contribution in [0, 0.1) is 22.7 Å². The Morgan fingerprint density at radius 1 is 0.909 bits per heavy atom. The Morgan fingerprint density at radius 3 is 1.82 bits per heavy atom. The minimum Gasteiger partial charge on any atom is -0.316 e. The Labute approximate surface area is 135 Å². The third kappa shape index (κ3) is 1.57. The molecule has 4 aliphatic heterocycles. The molecule has 0 aromatic rings. The molecule has 2 unspecified atom stereocenters. The second kappa shape index (κ2) is 4.57. The molecule has 1 spiro atoms. The van der Waals surface area contributed by atoms with Crippen LogP contribution in [-0.2, 0) is 4.79 Å². The number of ketones is 1. The minimum absolute atomic E-state index is 0.0706. The van der Waals surface area contributed by atoms with E-state index in [2.05, 4.69) is 32.6 Å². The number of carbonyl (C=O) groups excluding carboxylic acids is 1. The summed E-state index contributed by atoms with van der Waals surface area (Å²) in [5.74, 6) is 1.56. The summed E-state index contributed by atoms with van der Waals surface area (Å²) in [5.41, 5.74) is 0.243. The van der Waals surface area contributed by atoms with E-state index in [4.69, 9.17) is 0 Å². The average molecular weight is 305 g/mol. The van der Waals surface area contributed by atoms with Gasteiger partial charge in [-0.25, -0.2) is 4.90 Å². The first-order chi connectivity index (χ1) is 10.4. The quantitative estimate of drug-likeness (QED) is 0.840. The average Bonchev–Trinajstić information content (AvgIpc) is 2.47. The lowest BCUT2D eigenvalue weighted by Crippen LogP contribution is -3.30. The van der Waals surface area contributed by atoms with Gasteiger partial charge in [-0.3, -0.25) is 4.79 Å². The standard InChI is InChI=1S/C19H32N2O/c1-14(2)17-10-20-12-18(15(3)4,16(17)22)13-21(11-17)19(20)8-6-5-7-9-19/h14-15H,5-13H2,1-4H3/p+1. The first kappa shape index (κ1) is 15.1. The number of rotatable bonds is 2. The number of hydrogen-bond acceptors (Lipinski definition) is 2. The molecule has 0 amide bonds. The van der Waals surface area contributed by atoms with Crippen molar-refractivity contribution in [1.29, 1.82) is 0 Å². The third-order valence-corrected chi connectivity index (χ3v) is 8.06. The third-order valence-electron chi connectivity index (χ3n) is 8.06. The van der Waals surface area contributed by atoms with Gasteiger partial charge in [0.15, 0.2) is 11.4 Å². The number of Topliss-reactive ketones (excluding diaryl/α,β-unsaturated/α-hetero) is 1. The monoisotopic (exact) mass is 305 g/mol. The van der Waals surface area contributed by atoms with Crippen LogP contribution in [0.15, 0.2) is 0 Å². The number of quaternary nitrogens is 1. The van der Waals surface area contributed by atoms with E-state index in [0.717, 1.165) is 26.2 Å². The van der Waals surface area contributed by atoms with Crippen LogP contribution in [0.5, 0.6) is 0 Å². The van der Waals surface area contributed by atoms with E-state index in [1.807, 2.05) is 0 Å². The lowest BCUT2D eigenvalue weighted by atomic mass is 9.52. The minimum atomic E-state index is -0.0706. The summed E-state index contributed by atoms with van der Waals surface area (Å²) in [6.45, 7) is 13.4. The molecule has 0 aromatic heterocycles. The number of carbonyl (C=O) groups is 1. The highest BCUT2D eigenvalue weighted by atomic mass is 16.1. The van der Waals surface area contributed by atoms with E-state index >= 15 is 0 Å². The summed E-state index contributed by atoms with van der Waals surface area (Å²) in [6.07, 6.45) is 6.90. The molecule has 0 aromatic carbocycles. The lowest BCUT2D eigenvalue weighted by molar-refractivity contribution is -0.998. The molecule has 4 bridgehead atoms. The fourth-order valence-corrected chi connectivity index (χ4v) is 6.43. The Kier molecular flexibility index (Phi) is 3.14. The van der Waals surface area contributed by atoms with E-state index in [9.17, 15) is 4.79 Å². The maximum absolute atomic E-state index is 13.5. The number of nitrogens with one attached hydrogen (secondary N) is 1.